The number of carbonyl (C=O) groups is 3. The van der Waals surface area contributed by atoms with Crippen LogP contribution < -0.4 is 29.9 Å². The van der Waals surface area contributed by atoms with Crippen molar-refractivity contribution in [3.05, 3.63) is 120 Å². The van der Waals surface area contributed by atoms with E-state index in [1.807, 2.05) is 60.7 Å². The number of hydrogen-bond acceptors (Lipinski definition) is 5. The highest BCUT2D eigenvalue weighted by Gasteiger charge is 2.29. The van der Waals surface area contributed by atoms with Crippen LogP contribution in [-0.4, -0.2) is 58.2 Å². The number of carbonyl (C=O) groups excluding carboxylic acids is 3. The largest absolute Gasteiger partial charge is 0.497 e. The fourth-order valence-electron chi connectivity index (χ4n) is 4.79. The van der Waals surface area contributed by atoms with Crippen LogP contribution in [0.25, 0.3) is 0 Å². The zero-order valence-corrected chi connectivity index (χ0v) is 25.4. The summed E-state index contributed by atoms with van der Waals surface area (Å²) in [6.45, 7) is 0. The van der Waals surface area contributed by atoms with Crippen molar-refractivity contribution >= 4 is 29.2 Å². The van der Waals surface area contributed by atoms with E-state index >= 15 is 0 Å². The molecule has 4 rings (SSSR count). The highest BCUT2D eigenvalue weighted by molar-refractivity contribution is 6.01. The molecule has 9 heteroatoms. The van der Waals surface area contributed by atoms with Gasteiger partial charge in [0, 0.05) is 38.3 Å². The number of rotatable bonds is 12. The number of benzene rings is 4. The Labute approximate surface area is 258 Å². The van der Waals surface area contributed by atoms with Crippen LogP contribution in [0.4, 0.5) is 16.2 Å². The average molecular weight is 595 g/mol. The van der Waals surface area contributed by atoms with Crippen LogP contribution in [0, 0.1) is 0 Å². The Morgan fingerprint density at radius 3 is 1.23 bits per heavy atom. The molecule has 0 bridgehead atoms. The average Bonchev–Trinajstić information content (AvgIpc) is 3.07. The minimum absolute atomic E-state index is 0.261. The number of urea groups is 1. The van der Waals surface area contributed by atoms with E-state index < -0.39 is 18.1 Å². The van der Waals surface area contributed by atoms with Gasteiger partial charge in [-0.2, -0.15) is 0 Å². The molecule has 0 radical (unpaired) electrons. The zero-order valence-electron chi connectivity index (χ0n) is 25.4. The molecule has 0 saturated heterocycles. The molecular formula is C35H38N4O5. The minimum Gasteiger partial charge on any atom is -0.497 e. The zero-order chi connectivity index (χ0) is 31.5. The first kappa shape index (κ1) is 31.6. The normalized spacial score (nSPS) is 11.9. The van der Waals surface area contributed by atoms with Gasteiger partial charge < -0.3 is 29.9 Å². The Morgan fingerprint density at radius 1 is 0.568 bits per heavy atom. The van der Waals surface area contributed by atoms with E-state index in [1.165, 1.54) is 9.80 Å². The van der Waals surface area contributed by atoms with Crippen molar-refractivity contribution < 1.29 is 23.9 Å². The molecular weight excluding hydrogens is 556 g/mol. The van der Waals surface area contributed by atoms with Crippen molar-refractivity contribution in [1.29, 1.82) is 0 Å². The van der Waals surface area contributed by atoms with Gasteiger partial charge >= 0.3 is 6.03 Å². The van der Waals surface area contributed by atoms with Gasteiger partial charge in [-0.25, -0.2) is 4.79 Å². The summed E-state index contributed by atoms with van der Waals surface area (Å²) in [4.78, 5) is 44.1. The van der Waals surface area contributed by atoms with Crippen LogP contribution in [0.3, 0.4) is 0 Å². The quantitative estimate of drug-likeness (QED) is 0.244. The molecule has 0 aliphatic heterocycles. The molecule has 2 N–H and O–H groups in total. The third-order valence-corrected chi connectivity index (χ3v) is 7.35. The van der Waals surface area contributed by atoms with Gasteiger partial charge in [0.25, 0.3) is 0 Å². The summed E-state index contributed by atoms with van der Waals surface area (Å²) < 4.78 is 10.5. The van der Waals surface area contributed by atoms with Gasteiger partial charge in [0.15, 0.2) is 0 Å². The number of anilines is 2. The number of hydrogen-bond donors (Lipinski definition) is 2. The predicted molar refractivity (Wildman–Crippen MR) is 172 cm³/mol. The van der Waals surface area contributed by atoms with Gasteiger partial charge in [-0.3, -0.25) is 9.59 Å². The molecule has 1 unspecified atom stereocenters. The number of ether oxygens (including phenoxy) is 2. The van der Waals surface area contributed by atoms with Crippen molar-refractivity contribution in [2.24, 2.45) is 0 Å². The lowest BCUT2D eigenvalue weighted by molar-refractivity contribution is -0.120. The maximum absolute atomic E-state index is 13.8. The Balaban J connectivity index is 1.55. The molecule has 0 aliphatic rings. The first-order chi connectivity index (χ1) is 21.3. The van der Waals surface area contributed by atoms with Crippen molar-refractivity contribution in [2.45, 2.75) is 24.9 Å². The number of amides is 4. The van der Waals surface area contributed by atoms with E-state index in [0.29, 0.717) is 22.9 Å². The Kier molecular flexibility index (Phi) is 11.0. The second-order valence-electron chi connectivity index (χ2n) is 10.3. The first-order valence-corrected chi connectivity index (χ1v) is 14.3. The van der Waals surface area contributed by atoms with Crippen LogP contribution in [0.15, 0.2) is 109 Å². The lowest BCUT2D eigenvalue weighted by Gasteiger charge is -2.28. The number of nitrogens with one attached hydrogen (secondary N) is 2. The SMILES string of the molecule is COc1ccc(N(C)C(=O)C(Cc2ccccc2)NC(=O)N[C@@H](Cc2ccccc2)C(=O)N(C)c2ccc(OC)cc2)cc1. The Bertz CT molecular complexity index is 1400. The van der Waals surface area contributed by atoms with Crippen molar-refractivity contribution in [1.82, 2.24) is 10.6 Å². The fourth-order valence-corrected chi connectivity index (χ4v) is 4.79. The minimum atomic E-state index is -0.906. The topological polar surface area (TPSA) is 100 Å². The summed E-state index contributed by atoms with van der Waals surface area (Å²) in [5.41, 5.74) is 3.06. The van der Waals surface area contributed by atoms with Gasteiger partial charge in [-0.05, 0) is 59.7 Å². The molecule has 9 nitrogen and oxygen atoms in total. The van der Waals surface area contributed by atoms with E-state index in [4.69, 9.17) is 9.47 Å². The van der Waals surface area contributed by atoms with Crippen molar-refractivity contribution in [2.75, 3.05) is 38.1 Å². The second kappa shape index (κ2) is 15.2. The fraction of sp³-hybridized carbons (Fsp3) is 0.229. The van der Waals surface area contributed by atoms with E-state index in [9.17, 15) is 14.4 Å². The summed E-state index contributed by atoms with van der Waals surface area (Å²) >= 11 is 0. The van der Waals surface area contributed by atoms with Crippen LogP contribution in [0.2, 0.25) is 0 Å². The van der Waals surface area contributed by atoms with Crippen LogP contribution in [-0.2, 0) is 22.4 Å². The van der Waals surface area contributed by atoms with E-state index in [0.717, 1.165) is 11.1 Å². The lowest BCUT2D eigenvalue weighted by atomic mass is 10.0. The number of methoxy groups -OCH3 is 2. The monoisotopic (exact) mass is 594 g/mol. The molecule has 0 heterocycles. The van der Waals surface area contributed by atoms with E-state index in [1.54, 1.807) is 76.8 Å². The summed E-state index contributed by atoms with van der Waals surface area (Å²) in [5.74, 6) is 0.717. The summed E-state index contributed by atoms with van der Waals surface area (Å²) in [6, 6.07) is 30.7. The molecule has 0 spiro atoms. The highest BCUT2D eigenvalue weighted by atomic mass is 16.5. The summed E-state index contributed by atoms with van der Waals surface area (Å²) in [5, 5.41) is 5.70. The number of likely N-dealkylation sites (N-methyl/N-ethyl adjacent to an activating group) is 2. The smallest absolute Gasteiger partial charge is 0.316 e. The van der Waals surface area contributed by atoms with Gasteiger partial charge in [-0.15, -0.1) is 0 Å². The third kappa shape index (κ3) is 8.38. The Hall–Kier alpha value is -5.31. The van der Waals surface area contributed by atoms with Gasteiger partial charge in [0.1, 0.15) is 23.6 Å². The molecule has 228 valence electrons. The van der Waals surface area contributed by atoms with E-state index in [2.05, 4.69) is 10.6 Å². The maximum Gasteiger partial charge on any atom is 0.316 e. The molecule has 44 heavy (non-hydrogen) atoms. The van der Waals surface area contributed by atoms with Gasteiger partial charge in [0.2, 0.25) is 11.8 Å². The molecule has 0 saturated carbocycles. The van der Waals surface area contributed by atoms with Crippen LogP contribution >= 0.6 is 0 Å². The summed E-state index contributed by atoms with van der Waals surface area (Å²) in [6.07, 6.45) is 0.521. The van der Waals surface area contributed by atoms with Crippen molar-refractivity contribution in [3.63, 3.8) is 0 Å². The molecule has 4 aromatic carbocycles. The summed E-state index contributed by atoms with van der Waals surface area (Å²) in [7, 11) is 6.47. The lowest BCUT2D eigenvalue weighted by Crippen LogP contribution is -2.56. The molecule has 4 aromatic rings. The molecule has 0 aromatic heterocycles. The van der Waals surface area contributed by atoms with Gasteiger partial charge in [-0.1, -0.05) is 60.7 Å². The first-order valence-electron chi connectivity index (χ1n) is 14.3. The molecule has 0 fully saturated rings. The maximum atomic E-state index is 13.8. The molecule has 2 atom stereocenters. The molecule has 0 aliphatic carbocycles. The Morgan fingerprint density at radius 2 is 0.909 bits per heavy atom. The predicted octanol–water partition coefficient (Wildman–Crippen LogP) is 4.85. The van der Waals surface area contributed by atoms with Crippen molar-refractivity contribution in [3.8, 4) is 11.5 Å². The van der Waals surface area contributed by atoms with Gasteiger partial charge in [0.05, 0.1) is 14.2 Å². The molecule has 4 amide bonds. The standard InChI is InChI=1S/C35H38N4O5/c1-38(27-15-19-29(43-3)20-16-27)33(40)31(23-25-11-7-5-8-12-25)36-35(42)37-32(24-26-13-9-6-10-14-26)34(41)39(2)28-17-21-30(44-4)22-18-28/h5-22,31-32H,23-24H2,1-4H3,(H2,36,37,42)/t31-,32?/m0/s1. The number of nitrogens with zero attached hydrogens (tertiary/aromatic N) is 2. The third-order valence-electron chi connectivity index (χ3n) is 7.35. The van der Waals surface area contributed by atoms with E-state index in [-0.39, 0.29) is 24.7 Å². The highest BCUT2D eigenvalue weighted by Crippen LogP contribution is 2.21. The van der Waals surface area contributed by atoms with Crippen LogP contribution in [0.1, 0.15) is 11.1 Å². The van der Waals surface area contributed by atoms with Crippen LogP contribution in [0.5, 0.6) is 11.5 Å². The second-order valence-corrected chi connectivity index (χ2v) is 10.3.